The van der Waals surface area contributed by atoms with Gasteiger partial charge in [-0.15, -0.1) is 23.1 Å². The maximum absolute atomic E-state index is 13.1. The van der Waals surface area contributed by atoms with Crippen LogP contribution in [0.1, 0.15) is 11.3 Å². The second kappa shape index (κ2) is 8.89. The molecule has 1 aromatic heterocycles. The summed E-state index contributed by atoms with van der Waals surface area (Å²) in [6.45, 7) is 2.03. The number of thiazole rings is 1. The van der Waals surface area contributed by atoms with Crippen molar-refractivity contribution in [1.82, 2.24) is 14.6 Å². The van der Waals surface area contributed by atoms with E-state index in [1.54, 1.807) is 31.2 Å². The van der Waals surface area contributed by atoms with E-state index in [4.69, 9.17) is 0 Å². The molecule has 0 spiro atoms. The first-order valence-corrected chi connectivity index (χ1v) is 12.9. The third-order valence-electron chi connectivity index (χ3n) is 4.84. The lowest BCUT2D eigenvalue weighted by Crippen LogP contribution is -2.47. The molecule has 1 amide bonds. The number of amides is 1. The number of hydrogen-bond acceptors (Lipinski definition) is 6. The number of thioether (sulfide) groups is 1. The van der Waals surface area contributed by atoms with E-state index in [0.29, 0.717) is 11.3 Å². The van der Waals surface area contributed by atoms with Crippen LogP contribution in [0.25, 0.3) is 10.6 Å². The van der Waals surface area contributed by atoms with Crippen molar-refractivity contribution in [3.63, 3.8) is 0 Å². The molecule has 0 radical (unpaired) electrons. The van der Waals surface area contributed by atoms with E-state index in [-0.39, 0.29) is 23.2 Å². The van der Waals surface area contributed by atoms with Gasteiger partial charge in [0.05, 0.1) is 23.0 Å². The van der Waals surface area contributed by atoms with E-state index in [2.05, 4.69) is 10.3 Å². The van der Waals surface area contributed by atoms with Crippen LogP contribution in [0.5, 0.6) is 0 Å². The molecule has 0 aliphatic carbocycles. The molecule has 0 bridgehead atoms. The van der Waals surface area contributed by atoms with Crippen molar-refractivity contribution in [2.45, 2.75) is 24.4 Å². The highest BCUT2D eigenvalue weighted by molar-refractivity contribution is 8.00. The topological polar surface area (TPSA) is 79.4 Å². The minimum absolute atomic E-state index is 0.248. The summed E-state index contributed by atoms with van der Waals surface area (Å²) >= 11 is 2.96. The van der Waals surface area contributed by atoms with E-state index < -0.39 is 16.1 Å². The smallest absolute Gasteiger partial charge is 0.244 e. The number of rotatable bonds is 6. The molecule has 1 saturated heterocycles. The Bertz CT molecular complexity index is 1150. The SMILES string of the molecule is Cc1ccccc1S(=O)(=O)N1CSCC1C(=O)NCc1csc(-c2ccccc2)n1. The lowest BCUT2D eigenvalue weighted by Gasteiger charge is -2.23. The fourth-order valence-electron chi connectivity index (χ4n) is 3.24. The summed E-state index contributed by atoms with van der Waals surface area (Å²) in [5, 5.41) is 5.66. The molecule has 2 heterocycles. The van der Waals surface area contributed by atoms with Crippen LogP contribution in [0, 0.1) is 6.92 Å². The zero-order chi connectivity index (χ0) is 21.1. The van der Waals surface area contributed by atoms with Crippen LogP contribution < -0.4 is 5.32 Å². The van der Waals surface area contributed by atoms with E-state index in [1.165, 1.54) is 27.4 Å². The number of sulfonamides is 1. The highest BCUT2D eigenvalue weighted by Crippen LogP contribution is 2.30. The van der Waals surface area contributed by atoms with Crippen LogP contribution in [-0.2, 0) is 21.4 Å². The molecule has 1 unspecified atom stereocenters. The molecule has 1 N–H and O–H groups in total. The van der Waals surface area contributed by atoms with Crippen LogP contribution in [0.15, 0.2) is 64.9 Å². The molecule has 6 nitrogen and oxygen atoms in total. The predicted molar refractivity (Wildman–Crippen MR) is 121 cm³/mol. The van der Waals surface area contributed by atoms with E-state index in [0.717, 1.165) is 16.3 Å². The fourth-order valence-corrected chi connectivity index (χ4v) is 7.44. The molecule has 0 saturated carbocycles. The molecule has 9 heteroatoms. The first-order chi connectivity index (χ1) is 14.5. The first-order valence-electron chi connectivity index (χ1n) is 9.39. The van der Waals surface area contributed by atoms with Gasteiger partial charge in [-0.1, -0.05) is 48.5 Å². The first kappa shape index (κ1) is 21.0. The zero-order valence-corrected chi connectivity index (χ0v) is 18.8. The fraction of sp³-hybridized carbons (Fsp3) is 0.238. The Balaban J connectivity index is 1.45. The molecular weight excluding hydrogens is 438 g/mol. The molecule has 4 rings (SSSR count). The highest BCUT2D eigenvalue weighted by atomic mass is 32.2. The van der Waals surface area contributed by atoms with Gasteiger partial charge in [-0.25, -0.2) is 13.4 Å². The van der Waals surface area contributed by atoms with Gasteiger partial charge in [-0.2, -0.15) is 4.31 Å². The minimum atomic E-state index is -3.74. The van der Waals surface area contributed by atoms with Gasteiger partial charge in [0.1, 0.15) is 11.0 Å². The number of nitrogens with zero attached hydrogens (tertiary/aromatic N) is 2. The Morgan fingerprint density at radius 3 is 2.67 bits per heavy atom. The van der Waals surface area contributed by atoms with E-state index in [1.807, 2.05) is 35.7 Å². The maximum atomic E-state index is 13.1. The summed E-state index contributed by atoms with van der Waals surface area (Å²) in [6.07, 6.45) is 0. The van der Waals surface area contributed by atoms with Crippen molar-refractivity contribution >= 4 is 39.0 Å². The molecule has 1 aliphatic rings. The van der Waals surface area contributed by atoms with Crippen molar-refractivity contribution in [2.75, 3.05) is 11.6 Å². The van der Waals surface area contributed by atoms with Gasteiger partial charge in [0.2, 0.25) is 15.9 Å². The van der Waals surface area contributed by atoms with Crippen molar-refractivity contribution in [1.29, 1.82) is 0 Å². The van der Waals surface area contributed by atoms with Gasteiger partial charge in [0, 0.05) is 16.7 Å². The van der Waals surface area contributed by atoms with Crippen LogP contribution in [-0.4, -0.2) is 41.3 Å². The number of aryl methyl sites for hydroxylation is 1. The summed E-state index contributed by atoms with van der Waals surface area (Å²) < 4.78 is 27.6. The third-order valence-corrected chi connectivity index (χ3v) is 8.97. The standard InChI is InChI=1S/C21H21N3O3S3/c1-15-7-5-6-10-19(15)30(26,27)24-14-28-13-18(24)20(25)22-11-17-12-29-21(23-17)16-8-3-2-4-9-16/h2-10,12,18H,11,13-14H2,1H3,(H,22,25). The summed E-state index contributed by atoms with van der Waals surface area (Å²) in [5.74, 6) is 0.402. The third kappa shape index (κ3) is 4.29. The zero-order valence-electron chi connectivity index (χ0n) is 16.3. The van der Waals surface area contributed by atoms with Crippen LogP contribution >= 0.6 is 23.1 Å². The molecule has 30 heavy (non-hydrogen) atoms. The number of aromatic nitrogens is 1. The molecule has 1 atom stereocenters. The van der Waals surface area contributed by atoms with Crippen molar-refractivity contribution < 1.29 is 13.2 Å². The Morgan fingerprint density at radius 2 is 1.90 bits per heavy atom. The number of nitrogens with one attached hydrogen (secondary N) is 1. The van der Waals surface area contributed by atoms with Crippen LogP contribution in [0.2, 0.25) is 0 Å². The van der Waals surface area contributed by atoms with Gasteiger partial charge < -0.3 is 5.32 Å². The largest absolute Gasteiger partial charge is 0.349 e. The monoisotopic (exact) mass is 459 g/mol. The molecule has 3 aromatic rings. The summed E-state index contributed by atoms with van der Waals surface area (Å²) in [6, 6.07) is 16.0. The van der Waals surface area contributed by atoms with E-state index in [9.17, 15) is 13.2 Å². The summed E-state index contributed by atoms with van der Waals surface area (Å²) in [7, 11) is -3.74. The second-order valence-electron chi connectivity index (χ2n) is 6.90. The summed E-state index contributed by atoms with van der Waals surface area (Å²) in [4.78, 5) is 17.6. The van der Waals surface area contributed by atoms with Crippen molar-refractivity contribution in [3.05, 3.63) is 71.2 Å². The van der Waals surface area contributed by atoms with Gasteiger partial charge >= 0.3 is 0 Å². The van der Waals surface area contributed by atoms with Gasteiger partial charge in [0.15, 0.2) is 0 Å². The number of hydrogen-bond donors (Lipinski definition) is 1. The van der Waals surface area contributed by atoms with Gasteiger partial charge in [-0.3, -0.25) is 4.79 Å². The minimum Gasteiger partial charge on any atom is -0.349 e. The summed E-state index contributed by atoms with van der Waals surface area (Å²) in [5.41, 5.74) is 2.46. The van der Waals surface area contributed by atoms with E-state index >= 15 is 0 Å². The Kier molecular flexibility index (Phi) is 6.24. The van der Waals surface area contributed by atoms with Crippen molar-refractivity contribution in [2.24, 2.45) is 0 Å². The average Bonchev–Trinajstić information content (AvgIpc) is 3.43. The van der Waals surface area contributed by atoms with Crippen molar-refractivity contribution in [3.8, 4) is 10.6 Å². The number of carbonyl (C=O) groups excluding carboxylic acids is 1. The Hall–Kier alpha value is -2.20. The predicted octanol–water partition coefficient (Wildman–Crippen LogP) is 3.50. The highest BCUT2D eigenvalue weighted by Gasteiger charge is 2.40. The van der Waals surface area contributed by atoms with Gasteiger partial charge in [-0.05, 0) is 18.6 Å². The second-order valence-corrected chi connectivity index (χ2v) is 10.6. The molecule has 156 valence electrons. The molecule has 1 aliphatic heterocycles. The van der Waals surface area contributed by atoms with Crippen LogP contribution in [0.4, 0.5) is 0 Å². The Labute approximate surface area is 184 Å². The lowest BCUT2D eigenvalue weighted by atomic mass is 10.2. The average molecular weight is 460 g/mol. The molecular formula is C21H21N3O3S3. The molecule has 2 aromatic carbocycles. The quantitative estimate of drug-likeness (QED) is 0.610. The maximum Gasteiger partial charge on any atom is 0.244 e. The number of carbonyl (C=O) groups is 1. The molecule has 1 fully saturated rings. The lowest BCUT2D eigenvalue weighted by molar-refractivity contribution is -0.124. The van der Waals surface area contributed by atoms with Crippen LogP contribution in [0.3, 0.4) is 0 Å². The number of benzene rings is 2. The normalized spacial score (nSPS) is 17.2. The van der Waals surface area contributed by atoms with Gasteiger partial charge in [0.25, 0.3) is 0 Å². The Morgan fingerprint density at radius 1 is 1.17 bits per heavy atom.